The van der Waals surface area contributed by atoms with Crippen LogP contribution in [0.3, 0.4) is 0 Å². The van der Waals surface area contributed by atoms with E-state index in [0.717, 1.165) is 37.8 Å². The van der Waals surface area contributed by atoms with Gasteiger partial charge in [-0.1, -0.05) is 11.5 Å². The van der Waals surface area contributed by atoms with Gasteiger partial charge in [0.25, 0.3) is 0 Å². The van der Waals surface area contributed by atoms with Crippen LogP contribution >= 0.6 is 0 Å². The topological polar surface area (TPSA) is 81.4 Å². The minimum Gasteiger partial charge on any atom is -0.404 e. The lowest BCUT2D eigenvalue weighted by Gasteiger charge is -2.27. The standard InChI is InChI=1S/C15H22BF3N2O3S/c16-12-5-6-14(13(7-12)24-15(17,18)19)25(22,23)21-9-11-3-1-10(8-20)2-4-11/h5-7,10-11,21H,1-4,8-9,16,20H2/t10-,11-. The summed E-state index contributed by atoms with van der Waals surface area (Å²) in [5.41, 5.74) is 6.10. The number of nitrogens with two attached hydrogens (primary N) is 1. The third-order valence-corrected chi connectivity index (χ3v) is 5.94. The highest BCUT2D eigenvalue weighted by atomic mass is 32.2. The number of nitrogens with one attached hydrogen (secondary N) is 1. The average molecular weight is 378 g/mol. The Labute approximate surface area is 146 Å². The average Bonchev–Trinajstić information content (AvgIpc) is 2.52. The van der Waals surface area contributed by atoms with Crippen LogP contribution in [-0.4, -0.2) is 35.7 Å². The van der Waals surface area contributed by atoms with Gasteiger partial charge in [-0.3, -0.25) is 0 Å². The second kappa shape index (κ2) is 7.97. The van der Waals surface area contributed by atoms with Crippen molar-refractivity contribution in [2.24, 2.45) is 17.6 Å². The number of benzene rings is 1. The molecule has 2 rings (SSSR count). The van der Waals surface area contributed by atoms with Crippen LogP contribution in [0.15, 0.2) is 23.1 Å². The summed E-state index contributed by atoms with van der Waals surface area (Å²) in [4.78, 5) is -0.508. The lowest BCUT2D eigenvalue weighted by atomic mass is 9.82. The molecule has 0 aliphatic heterocycles. The molecule has 0 unspecified atom stereocenters. The minimum atomic E-state index is -4.96. The molecule has 0 radical (unpaired) electrons. The van der Waals surface area contributed by atoms with Crippen molar-refractivity contribution in [2.75, 3.05) is 13.1 Å². The maximum Gasteiger partial charge on any atom is 0.573 e. The fraction of sp³-hybridized carbons (Fsp3) is 0.600. The number of halogens is 3. The molecule has 0 spiro atoms. The van der Waals surface area contributed by atoms with Gasteiger partial charge in [0, 0.05) is 6.54 Å². The molecule has 0 saturated heterocycles. The maximum atomic E-state index is 12.5. The van der Waals surface area contributed by atoms with Gasteiger partial charge in [-0.15, -0.1) is 13.2 Å². The summed E-state index contributed by atoms with van der Waals surface area (Å²) in [6.07, 6.45) is -1.38. The Balaban J connectivity index is 2.09. The van der Waals surface area contributed by atoms with E-state index in [1.807, 2.05) is 0 Å². The summed E-state index contributed by atoms with van der Waals surface area (Å²) in [7, 11) is -2.54. The first kappa shape index (κ1) is 20.1. The van der Waals surface area contributed by atoms with Gasteiger partial charge in [0.2, 0.25) is 10.0 Å². The Kier molecular flexibility index (Phi) is 6.39. The van der Waals surface area contributed by atoms with Crippen molar-refractivity contribution in [3.05, 3.63) is 18.2 Å². The second-order valence-electron chi connectivity index (χ2n) is 6.47. The van der Waals surface area contributed by atoms with E-state index in [0.29, 0.717) is 17.9 Å². The minimum absolute atomic E-state index is 0.162. The molecule has 3 N–H and O–H groups in total. The SMILES string of the molecule is Bc1ccc(S(=O)(=O)NC[C@H]2CC[C@H](CN)CC2)c(OC(F)(F)F)c1. The van der Waals surface area contributed by atoms with E-state index >= 15 is 0 Å². The zero-order chi connectivity index (χ0) is 18.7. The molecule has 25 heavy (non-hydrogen) atoms. The fourth-order valence-corrected chi connectivity index (χ4v) is 4.24. The Morgan fingerprint density at radius 3 is 2.36 bits per heavy atom. The Bertz CT molecular complexity index is 690. The van der Waals surface area contributed by atoms with Gasteiger partial charge >= 0.3 is 6.36 Å². The molecule has 140 valence electrons. The highest BCUT2D eigenvalue weighted by Gasteiger charge is 2.34. The largest absolute Gasteiger partial charge is 0.573 e. The van der Waals surface area contributed by atoms with Crippen LogP contribution in [0.4, 0.5) is 13.2 Å². The molecular formula is C15H22BF3N2O3S. The van der Waals surface area contributed by atoms with Crippen LogP contribution in [0.5, 0.6) is 5.75 Å². The van der Waals surface area contributed by atoms with Gasteiger partial charge in [0.15, 0.2) is 0 Å². The summed E-state index contributed by atoms with van der Waals surface area (Å²) < 4.78 is 68.8. The van der Waals surface area contributed by atoms with Crippen molar-refractivity contribution in [3.8, 4) is 5.75 Å². The predicted octanol–water partition coefficient (Wildman–Crippen LogP) is 0.887. The molecule has 0 heterocycles. The van der Waals surface area contributed by atoms with Gasteiger partial charge in [-0.25, -0.2) is 13.1 Å². The first-order valence-electron chi connectivity index (χ1n) is 8.17. The van der Waals surface area contributed by atoms with E-state index in [4.69, 9.17) is 5.73 Å². The van der Waals surface area contributed by atoms with Gasteiger partial charge in [-0.05, 0) is 56.2 Å². The number of sulfonamides is 1. The number of hydrogen-bond acceptors (Lipinski definition) is 4. The molecular weight excluding hydrogens is 356 g/mol. The maximum absolute atomic E-state index is 12.5. The van der Waals surface area contributed by atoms with Crippen LogP contribution in [0.25, 0.3) is 0 Å². The van der Waals surface area contributed by atoms with Gasteiger partial charge in [0.05, 0.1) is 0 Å². The molecule has 1 saturated carbocycles. The van der Waals surface area contributed by atoms with Crippen LogP contribution in [0.2, 0.25) is 0 Å². The molecule has 0 atom stereocenters. The molecule has 0 aromatic heterocycles. The second-order valence-corrected chi connectivity index (χ2v) is 8.21. The lowest BCUT2D eigenvalue weighted by Crippen LogP contribution is -2.33. The zero-order valence-electron chi connectivity index (χ0n) is 14.0. The monoisotopic (exact) mass is 378 g/mol. The molecule has 1 fully saturated rings. The Hall–Kier alpha value is -1.26. The van der Waals surface area contributed by atoms with E-state index in [2.05, 4.69) is 9.46 Å². The molecule has 0 bridgehead atoms. The Morgan fingerprint density at radius 2 is 1.80 bits per heavy atom. The van der Waals surface area contributed by atoms with E-state index in [1.54, 1.807) is 7.85 Å². The normalized spacial score (nSPS) is 21.9. The van der Waals surface area contributed by atoms with Crippen molar-refractivity contribution >= 4 is 23.3 Å². The number of alkyl halides is 3. The van der Waals surface area contributed by atoms with Crippen molar-refractivity contribution in [1.29, 1.82) is 0 Å². The summed E-state index contributed by atoms with van der Waals surface area (Å²) in [5, 5.41) is 0. The number of ether oxygens (including phenoxy) is 1. The molecule has 1 aromatic rings. The fourth-order valence-electron chi connectivity index (χ4n) is 3.02. The quantitative estimate of drug-likeness (QED) is 0.721. The van der Waals surface area contributed by atoms with E-state index < -0.39 is 27.0 Å². The van der Waals surface area contributed by atoms with Gasteiger partial charge in [0.1, 0.15) is 18.5 Å². The van der Waals surface area contributed by atoms with Crippen molar-refractivity contribution in [2.45, 2.75) is 36.9 Å². The molecule has 1 aromatic carbocycles. The van der Waals surface area contributed by atoms with E-state index in [-0.39, 0.29) is 12.5 Å². The first-order valence-corrected chi connectivity index (χ1v) is 9.65. The summed E-state index contributed by atoms with van der Waals surface area (Å²) in [6, 6.07) is 3.63. The van der Waals surface area contributed by atoms with Gasteiger partial charge in [-0.2, -0.15) is 0 Å². The Morgan fingerprint density at radius 1 is 1.20 bits per heavy atom. The van der Waals surface area contributed by atoms with Crippen molar-refractivity contribution < 1.29 is 26.3 Å². The van der Waals surface area contributed by atoms with Crippen LogP contribution < -0.4 is 20.7 Å². The van der Waals surface area contributed by atoms with Crippen LogP contribution in [-0.2, 0) is 10.0 Å². The summed E-state index contributed by atoms with van der Waals surface area (Å²) >= 11 is 0. The van der Waals surface area contributed by atoms with Crippen LogP contribution in [0, 0.1) is 11.8 Å². The predicted molar refractivity (Wildman–Crippen MR) is 91.0 cm³/mol. The highest BCUT2D eigenvalue weighted by Crippen LogP contribution is 2.30. The number of hydrogen-bond donors (Lipinski definition) is 2. The third-order valence-electron chi connectivity index (χ3n) is 4.48. The molecule has 0 amide bonds. The van der Waals surface area contributed by atoms with Crippen LogP contribution in [0.1, 0.15) is 25.7 Å². The summed E-state index contributed by atoms with van der Waals surface area (Å²) in [6.45, 7) is 0.818. The highest BCUT2D eigenvalue weighted by molar-refractivity contribution is 7.89. The zero-order valence-corrected chi connectivity index (χ0v) is 14.8. The van der Waals surface area contributed by atoms with Crippen molar-refractivity contribution in [3.63, 3.8) is 0 Å². The van der Waals surface area contributed by atoms with Crippen molar-refractivity contribution in [1.82, 2.24) is 4.72 Å². The summed E-state index contributed by atoms with van der Waals surface area (Å²) in [5.74, 6) is -0.0846. The van der Waals surface area contributed by atoms with Gasteiger partial charge < -0.3 is 10.5 Å². The third kappa shape index (κ3) is 5.90. The van der Waals surface area contributed by atoms with E-state index in [1.165, 1.54) is 6.07 Å². The first-order chi connectivity index (χ1) is 11.6. The molecule has 1 aliphatic carbocycles. The molecule has 5 nitrogen and oxygen atoms in total. The number of rotatable bonds is 6. The molecule has 1 aliphatic rings. The lowest BCUT2D eigenvalue weighted by molar-refractivity contribution is -0.275. The van der Waals surface area contributed by atoms with E-state index in [9.17, 15) is 21.6 Å². The molecule has 10 heteroatoms. The smallest absolute Gasteiger partial charge is 0.404 e.